The zero-order valence-corrected chi connectivity index (χ0v) is 16.1. The second kappa shape index (κ2) is 8.15. The molecule has 150 valence electrons. The van der Waals surface area contributed by atoms with Gasteiger partial charge in [-0.15, -0.1) is 0 Å². The van der Waals surface area contributed by atoms with Crippen LogP contribution in [0.3, 0.4) is 0 Å². The van der Waals surface area contributed by atoms with E-state index in [1.807, 2.05) is 0 Å². The Bertz CT molecular complexity index is 1060. The number of aliphatic hydroxyl groups excluding tert-OH is 1. The van der Waals surface area contributed by atoms with Gasteiger partial charge in [-0.1, -0.05) is 24.3 Å². The predicted octanol–water partition coefficient (Wildman–Crippen LogP) is 2.48. The summed E-state index contributed by atoms with van der Waals surface area (Å²) in [5, 5.41) is 24.7. The smallest absolute Gasteiger partial charge is 0.320 e. The van der Waals surface area contributed by atoms with Crippen LogP contribution in [0.25, 0.3) is 11.3 Å². The molecule has 0 aliphatic rings. The number of hydrogen-bond acceptors (Lipinski definition) is 5. The summed E-state index contributed by atoms with van der Waals surface area (Å²) in [5.74, 6) is 0.621. The summed E-state index contributed by atoms with van der Waals surface area (Å²) < 4.78 is 0. The first kappa shape index (κ1) is 20.1. The first-order chi connectivity index (χ1) is 13.8. The van der Waals surface area contributed by atoms with E-state index in [1.165, 1.54) is 18.2 Å². The average Bonchev–Trinajstić information content (AvgIpc) is 2.68. The zero-order chi connectivity index (χ0) is 21.0. The molecule has 8 nitrogen and oxygen atoms in total. The molecule has 2 aromatic carbocycles. The van der Waals surface area contributed by atoms with Gasteiger partial charge in [-0.05, 0) is 43.7 Å². The van der Waals surface area contributed by atoms with E-state index in [1.54, 1.807) is 50.2 Å². The fraction of sp³-hybridized carbons (Fsp3) is 0.190. The van der Waals surface area contributed by atoms with Gasteiger partial charge in [0.15, 0.2) is 0 Å². The summed E-state index contributed by atoms with van der Waals surface area (Å²) in [6, 6.07) is 14.1. The first-order valence-electron chi connectivity index (χ1n) is 8.97. The van der Waals surface area contributed by atoms with E-state index in [0.29, 0.717) is 22.8 Å². The lowest BCUT2D eigenvalue weighted by Gasteiger charge is -2.29. The van der Waals surface area contributed by atoms with Crippen molar-refractivity contribution in [2.75, 3.05) is 11.9 Å². The van der Waals surface area contributed by atoms with Gasteiger partial charge in [0.1, 0.15) is 11.6 Å². The molecule has 0 fully saturated rings. The van der Waals surface area contributed by atoms with Crippen LogP contribution >= 0.6 is 0 Å². The van der Waals surface area contributed by atoms with E-state index in [4.69, 9.17) is 0 Å². The van der Waals surface area contributed by atoms with Crippen LogP contribution in [-0.4, -0.2) is 32.8 Å². The first-order valence-corrected chi connectivity index (χ1v) is 8.97. The highest BCUT2D eigenvalue weighted by atomic mass is 16.3. The van der Waals surface area contributed by atoms with Gasteiger partial charge in [-0.3, -0.25) is 4.79 Å². The summed E-state index contributed by atoms with van der Waals surface area (Å²) in [6.45, 7) is 3.07. The number of nitrogens with one attached hydrogen (secondary N) is 3. The molecule has 0 saturated heterocycles. The molecule has 1 atom stereocenters. The highest BCUT2D eigenvalue weighted by Crippen LogP contribution is 2.23. The van der Waals surface area contributed by atoms with Crippen molar-refractivity contribution in [1.82, 2.24) is 15.3 Å². The molecule has 3 aromatic rings. The van der Waals surface area contributed by atoms with E-state index in [2.05, 4.69) is 20.6 Å². The second-order valence-electron chi connectivity index (χ2n) is 6.91. The lowest BCUT2D eigenvalue weighted by Crippen LogP contribution is -2.48. The maximum atomic E-state index is 12.4. The van der Waals surface area contributed by atoms with Gasteiger partial charge in [0, 0.05) is 17.3 Å². The molecule has 1 aromatic heterocycles. The monoisotopic (exact) mass is 394 g/mol. The minimum Gasteiger partial charge on any atom is -0.508 e. The number of aromatic amines is 1. The average molecular weight is 394 g/mol. The topological polar surface area (TPSA) is 127 Å². The van der Waals surface area contributed by atoms with Crippen molar-refractivity contribution in [2.24, 2.45) is 0 Å². The van der Waals surface area contributed by atoms with Gasteiger partial charge >= 0.3 is 6.03 Å². The predicted molar refractivity (Wildman–Crippen MR) is 110 cm³/mol. The molecule has 0 aliphatic carbocycles. The summed E-state index contributed by atoms with van der Waals surface area (Å²) in [6.07, 6.45) is 0. The number of aromatic hydroxyl groups is 1. The van der Waals surface area contributed by atoms with Gasteiger partial charge in [0.05, 0.1) is 17.8 Å². The largest absolute Gasteiger partial charge is 0.508 e. The molecule has 0 saturated carbocycles. The van der Waals surface area contributed by atoms with Crippen molar-refractivity contribution in [3.05, 3.63) is 76.3 Å². The zero-order valence-electron chi connectivity index (χ0n) is 16.1. The molecule has 2 amide bonds. The van der Waals surface area contributed by atoms with Crippen molar-refractivity contribution in [3.8, 4) is 17.0 Å². The highest BCUT2D eigenvalue weighted by molar-refractivity contribution is 5.90. The van der Waals surface area contributed by atoms with Crippen molar-refractivity contribution in [1.29, 1.82) is 0 Å². The van der Waals surface area contributed by atoms with Crippen LogP contribution in [0, 0.1) is 6.92 Å². The minimum absolute atomic E-state index is 0.101. The van der Waals surface area contributed by atoms with Crippen molar-refractivity contribution < 1.29 is 15.0 Å². The Hall–Kier alpha value is -3.65. The van der Waals surface area contributed by atoms with Crippen LogP contribution in [0.5, 0.6) is 5.75 Å². The van der Waals surface area contributed by atoms with E-state index in [-0.39, 0.29) is 17.9 Å². The van der Waals surface area contributed by atoms with Gasteiger partial charge in [-0.25, -0.2) is 9.78 Å². The third-order valence-corrected chi connectivity index (χ3v) is 4.51. The Morgan fingerprint density at radius 3 is 2.38 bits per heavy atom. The van der Waals surface area contributed by atoms with Crippen LogP contribution in [0.2, 0.25) is 0 Å². The van der Waals surface area contributed by atoms with Crippen molar-refractivity contribution in [3.63, 3.8) is 0 Å². The molecule has 1 unspecified atom stereocenters. The number of aryl methyl sites for hydroxylation is 1. The quantitative estimate of drug-likeness (QED) is 0.454. The van der Waals surface area contributed by atoms with E-state index >= 15 is 0 Å². The van der Waals surface area contributed by atoms with Gasteiger partial charge < -0.3 is 25.8 Å². The normalized spacial score (nSPS) is 12.8. The van der Waals surface area contributed by atoms with Crippen LogP contribution in [0.4, 0.5) is 10.5 Å². The van der Waals surface area contributed by atoms with Crippen LogP contribution in [-0.2, 0) is 5.54 Å². The van der Waals surface area contributed by atoms with Gasteiger partial charge in [0.2, 0.25) is 0 Å². The minimum atomic E-state index is -1.02. The third kappa shape index (κ3) is 4.80. The van der Waals surface area contributed by atoms with Crippen LogP contribution in [0.15, 0.2) is 59.4 Å². The summed E-state index contributed by atoms with van der Waals surface area (Å²) >= 11 is 0. The number of phenolic OH excluding ortho intramolecular Hbond substituents is 1. The Labute approximate surface area is 167 Å². The second-order valence-corrected chi connectivity index (χ2v) is 6.91. The molecular formula is C21H22N4O4. The summed E-state index contributed by atoms with van der Waals surface area (Å²) in [7, 11) is 0. The molecule has 0 aliphatic heterocycles. The molecule has 0 bridgehead atoms. The molecule has 29 heavy (non-hydrogen) atoms. The molecule has 0 radical (unpaired) electrons. The van der Waals surface area contributed by atoms with Crippen LogP contribution < -0.4 is 16.2 Å². The number of phenols is 1. The van der Waals surface area contributed by atoms with E-state index in [0.717, 1.165) is 5.56 Å². The molecular weight excluding hydrogens is 372 g/mol. The third-order valence-electron chi connectivity index (χ3n) is 4.51. The number of aliphatic hydroxyl groups is 1. The molecule has 8 heteroatoms. The lowest BCUT2D eigenvalue weighted by atomic mass is 9.93. The number of H-pyrrole nitrogens is 1. The molecule has 5 N–H and O–H groups in total. The van der Waals surface area contributed by atoms with Crippen LogP contribution in [0.1, 0.15) is 18.3 Å². The van der Waals surface area contributed by atoms with Gasteiger partial charge in [-0.2, -0.15) is 0 Å². The number of urea groups is 1. The number of hydrogen-bond donors (Lipinski definition) is 5. The number of amides is 2. The summed E-state index contributed by atoms with van der Waals surface area (Å²) in [4.78, 5) is 30.9. The number of anilines is 1. The maximum Gasteiger partial charge on any atom is 0.320 e. The number of rotatable bonds is 5. The lowest BCUT2D eigenvalue weighted by molar-refractivity contribution is 0.176. The molecule has 1 heterocycles. The number of aromatic nitrogens is 2. The molecule has 3 rings (SSSR count). The molecule has 0 spiro atoms. The maximum absolute atomic E-state index is 12.4. The highest BCUT2D eigenvalue weighted by Gasteiger charge is 2.28. The standard InChI is InChI=1S/C21H22N4O4/c1-13-22-18(11-19(28)23-13)14-3-7-16(8-4-14)24-20(29)25-21(2,12-26)15-5-9-17(27)10-6-15/h3-11,26-27H,12H2,1-2H3,(H,22,23,28)(H2,24,25,29). The Balaban J connectivity index is 1.71. The Kier molecular flexibility index (Phi) is 5.65. The SMILES string of the molecule is Cc1nc(-c2ccc(NC(=O)NC(C)(CO)c3ccc(O)cc3)cc2)cc(=O)[nH]1. The Morgan fingerprint density at radius 2 is 1.79 bits per heavy atom. The van der Waals surface area contributed by atoms with Crippen molar-refractivity contribution in [2.45, 2.75) is 19.4 Å². The number of carbonyl (C=O) groups is 1. The van der Waals surface area contributed by atoms with Gasteiger partial charge in [0.25, 0.3) is 5.56 Å². The number of benzene rings is 2. The van der Waals surface area contributed by atoms with E-state index < -0.39 is 11.6 Å². The van der Waals surface area contributed by atoms with E-state index in [9.17, 15) is 19.8 Å². The van der Waals surface area contributed by atoms with Crippen molar-refractivity contribution >= 4 is 11.7 Å². The fourth-order valence-electron chi connectivity index (χ4n) is 2.90. The Morgan fingerprint density at radius 1 is 1.14 bits per heavy atom. The number of carbonyl (C=O) groups excluding carboxylic acids is 1. The number of nitrogens with zero attached hydrogens (tertiary/aromatic N) is 1. The fourth-order valence-corrected chi connectivity index (χ4v) is 2.90. The summed E-state index contributed by atoms with van der Waals surface area (Å²) in [5.41, 5.74) is 1.23.